The fraction of sp³-hybridized carbons (Fsp3) is 0.600. The fourth-order valence-corrected chi connectivity index (χ4v) is 3.47. The lowest BCUT2D eigenvalue weighted by Crippen LogP contribution is -2.49. The zero-order valence-electron chi connectivity index (χ0n) is 16.7. The van der Waals surface area contributed by atoms with Gasteiger partial charge in [-0.15, -0.1) is 24.0 Å². The Labute approximate surface area is 179 Å². The van der Waals surface area contributed by atoms with Gasteiger partial charge in [0.1, 0.15) is 5.82 Å². The number of guanidine groups is 1. The van der Waals surface area contributed by atoms with Crippen LogP contribution in [0.3, 0.4) is 0 Å². The van der Waals surface area contributed by atoms with Crippen LogP contribution in [0.1, 0.15) is 39.4 Å². The van der Waals surface area contributed by atoms with Crippen molar-refractivity contribution in [1.29, 1.82) is 0 Å². The molecule has 0 atom stereocenters. The molecule has 0 amide bonds. The van der Waals surface area contributed by atoms with Crippen LogP contribution in [0.2, 0.25) is 0 Å². The summed E-state index contributed by atoms with van der Waals surface area (Å²) in [4.78, 5) is 15.3. The third kappa shape index (κ3) is 6.34. The second-order valence-corrected chi connectivity index (χ2v) is 7.26. The number of likely N-dealkylation sites (tertiary alicyclic amines) is 1. The third-order valence-electron chi connectivity index (χ3n) is 5.00. The molecule has 1 saturated heterocycles. The highest BCUT2D eigenvalue weighted by Gasteiger charge is 2.21. The molecule has 0 spiro atoms. The molecule has 1 aromatic carbocycles. The van der Waals surface area contributed by atoms with Crippen LogP contribution in [0.15, 0.2) is 29.3 Å². The van der Waals surface area contributed by atoms with Crippen molar-refractivity contribution in [3.8, 4) is 0 Å². The number of hydrogen-bond donors (Lipinski definition) is 3. The van der Waals surface area contributed by atoms with E-state index >= 15 is 0 Å². The number of H-pyrrole nitrogens is 1. The predicted molar refractivity (Wildman–Crippen MR) is 124 cm³/mol. The molecular formula is C20H33IN6. The van der Waals surface area contributed by atoms with Gasteiger partial charge in [-0.05, 0) is 45.7 Å². The van der Waals surface area contributed by atoms with Gasteiger partial charge in [-0.25, -0.2) is 4.98 Å². The minimum atomic E-state index is 0. The van der Waals surface area contributed by atoms with E-state index in [2.05, 4.69) is 52.3 Å². The maximum atomic E-state index is 4.75. The molecule has 150 valence electrons. The summed E-state index contributed by atoms with van der Waals surface area (Å²) in [6.45, 7) is 10.6. The second-order valence-electron chi connectivity index (χ2n) is 7.26. The molecule has 2 heterocycles. The molecular weight excluding hydrogens is 451 g/mol. The molecule has 1 aliphatic rings. The molecule has 27 heavy (non-hydrogen) atoms. The number of piperidine rings is 1. The fourth-order valence-electron chi connectivity index (χ4n) is 3.47. The van der Waals surface area contributed by atoms with E-state index in [1.807, 2.05) is 18.2 Å². The van der Waals surface area contributed by atoms with Gasteiger partial charge in [-0.1, -0.05) is 12.1 Å². The van der Waals surface area contributed by atoms with E-state index in [4.69, 9.17) is 4.99 Å². The van der Waals surface area contributed by atoms with E-state index in [9.17, 15) is 0 Å². The van der Waals surface area contributed by atoms with Gasteiger partial charge in [0.25, 0.3) is 0 Å². The van der Waals surface area contributed by atoms with Crippen molar-refractivity contribution in [2.45, 2.75) is 52.1 Å². The van der Waals surface area contributed by atoms with Gasteiger partial charge < -0.3 is 20.5 Å². The number of aromatic nitrogens is 2. The molecule has 1 aromatic heterocycles. The molecule has 1 fully saturated rings. The van der Waals surface area contributed by atoms with Gasteiger partial charge >= 0.3 is 0 Å². The Bertz CT molecular complexity index is 685. The monoisotopic (exact) mass is 484 g/mol. The third-order valence-corrected chi connectivity index (χ3v) is 5.00. The minimum absolute atomic E-state index is 0. The molecule has 0 aliphatic carbocycles. The van der Waals surface area contributed by atoms with E-state index in [0.717, 1.165) is 55.4 Å². The summed E-state index contributed by atoms with van der Waals surface area (Å²) in [6.07, 6.45) is 3.16. The van der Waals surface area contributed by atoms with Crippen LogP contribution < -0.4 is 10.6 Å². The van der Waals surface area contributed by atoms with Crippen LogP contribution in [0.4, 0.5) is 0 Å². The molecule has 0 bridgehead atoms. The standard InChI is InChI=1S/C20H32N6.HI/c1-4-21-20(23-16-10-13-26(14-11-16)15(2)3)22-12-9-19-24-17-7-5-6-8-18(17)25-19;/h5-8,15-16H,4,9-14H2,1-3H3,(H,24,25)(H2,21,22,23);1H. The first-order chi connectivity index (χ1) is 12.7. The van der Waals surface area contributed by atoms with Crippen molar-refractivity contribution < 1.29 is 0 Å². The number of nitrogens with zero attached hydrogens (tertiary/aromatic N) is 3. The van der Waals surface area contributed by atoms with Crippen LogP contribution >= 0.6 is 24.0 Å². The normalized spacial score (nSPS) is 16.5. The molecule has 0 saturated carbocycles. The molecule has 0 unspecified atom stereocenters. The predicted octanol–water partition coefficient (Wildman–Crippen LogP) is 3.15. The number of aromatic amines is 1. The number of imidazole rings is 1. The summed E-state index contributed by atoms with van der Waals surface area (Å²) >= 11 is 0. The number of para-hydroxylation sites is 2. The topological polar surface area (TPSA) is 68.3 Å². The van der Waals surface area contributed by atoms with Crippen LogP contribution in [0.5, 0.6) is 0 Å². The van der Waals surface area contributed by atoms with Crippen LogP contribution in [0.25, 0.3) is 11.0 Å². The summed E-state index contributed by atoms with van der Waals surface area (Å²) < 4.78 is 0. The Morgan fingerprint density at radius 3 is 2.70 bits per heavy atom. The van der Waals surface area contributed by atoms with Gasteiger partial charge in [0.2, 0.25) is 0 Å². The van der Waals surface area contributed by atoms with Gasteiger partial charge in [-0.3, -0.25) is 4.99 Å². The summed E-state index contributed by atoms with van der Waals surface area (Å²) in [7, 11) is 0. The number of aliphatic imine (C=N–C) groups is 1. The van der Waals surface area contributed by atoms with Gasteiger partial charge in [0.15, 0.2) is 5.96 Å². The van der Waals surface area contributed by atoms with E-state index in [1.165, 1.54) is 12.8 Å². The maximum Gasteiger partial charge on any atom is 0.191 e. The number of fused-ring (bicyclic) bond motifs is 1. The van der Waals surface area contributed by atoms with E-state index in [0.29, 0.717) is 12.1 Å². The number of benzene rings is 1. The molecule has 3 rings (SSSR count). The van der Waals surface area contributed by atoms with Crippen molar-refractivity contribution in [3.05, 3.63) is 30.1 Å². The first kappa shape index (κ1) is 21.9. The number of nitrogens with one attached hydrogen (secondary N) is 3. The van der Waals surface area contributed by atoms with E-state index < -0.39 is 0 Å². The lowest BCUT2D eigenvalue weighted by Gasteiger charge is -2.35. The first-order valence-corrected chi connectivity index (χ1v) is 9.88. The Morgan fingerprint density at radius 2 is 2.04 bits per heavy atom. The van der Waals surface area contributed by atoms with Gasteiger partial charge in [-0.2, -0.15) is 0 Å². The Kier molecular flexibility index (Phi) is 8.82. The van der Waals surface area contributed by atoms with Crippen LogP contribution in [-0.4, -0.2) is 59.1 Å². The molecule has 1 aliphatic heterocycles. The van der Waals surface area contributed by atoms with Crippen molar-refractivity contribution in [2.75, 3.05) is 26.2 Å². The zero-order valence-corrected chi connectivity index (χ0v) is 19.0. The summed E-state index contributed by atoms with van der Waals surface area (Å²) in [5.41, 5.74) is 2.11. The SMILES string of the molecule is CCNC(=NCCc1nc2ccccc2[nH]1)NC1CCN(C(C)C)CC1.I. The average molecular weight is 484 g/mol. The number of rotatable bonds is 6. The molecule has 0 radical (unpaired) electrons. The van der Waals surface area contributed by atoms with Crippen LogP contribution in [0, 0.1) is 0 Å². The number of hydrogen-bond acceptors (Lipinski definition) is 3. The van der Waals surface area contributed by atoms with Crippen molar-refractivity contribution in [2.24, 2.45) is 4.99 Å². The van der Waals surface area contributed by atoms with Crippen molar-refractivity contribution in [1.82, 2.24) is 25.5 Å². The molecule has 6 nitrogen and oxygen atoms in total. The number of halogens is 1. The highest BCUT2D eigenvalue weighted by Crippen LogP contribution is 2.13. The molecule has 2 aromatic rings. The molecule has 3 N–H and O–H groups in total. The largest absolute Gasteiger partial charge is 0.357 e. The highest BCUT2D eigenvalue weighted by molar-refractivity contribution is 14.0. The van der Waals surface area contributed by atoms with Crippen molar-refractivity contribution in [3.63, 3.8) is 0 Å². The van der Waals surface area contributed by atoms with Gasteiger partial charge in [0, 0.05) is 44.7 Å². The Hall–Kier alpha value is -1.35. The van der Waals surface area contributed by atoms with Gasteiger partial charge in [0.05, 0.1) is 11.0 Å². The summed E-state index contributed by atoms with van der Waals surface area (Å²) in [5, 5.41) is 6.98. The zero-order chi connectivity index (χ0) is 18.4. The minimum Gasteiger partial charge on any atom is -0.357 e. The first-order valence-electron chi connectivity index (χ1n) is 9.88. The average Bonchev–Trinajstić information content (AvgIpc) is 3.05. The Morgan fingerprint density at radius 1 is 1.30 bits per heavy atom. The quantitative estimate of drug-likeness (QED) is 0.335. The lowest BCUT2D eigenvalue weighted by atomic mass is 10.0. The lowest BCUT2D eigenvalue weighted by molar-refractivity contribution is 0.167. The summed E-state index contributed by atoms with van der Waals surface area (Å²) in [6, 6.07) is 9.29. The second kappa shape index (κ2) is 10.8. The Balaban J connectivity index is 0.00000261. The van der Waals surface area contributed by atoms with E-state index in [1.54, 1.807) is 0 Å². The van der Waals surface area contributed by atoms with Crippen molar-refractivity contribution >= 4 is 41.0 Å². The molecule has 7 heteroatoms. The summed E-state index contributed by atoms with van der Waals surface area (Å²) in [5.74, 6) is 1.92. The van der Waals surface area contributed by atoms with Crippen LogP contribution in [-0.2, 0) is 6.42 Å². The van der Waals surface area contributed by atoms with E-state index in [-0.39, 0.29) is 24.0 Å². The maximum absolute atomic E-state index is 4.75. The highest BCUT2D eigenvalue weighted by atomic mass is 127. The smallest absolute Gasteiger partial charge is 0.191 e.